The van der Waals surface area contributed by atoms with Gasteiger partial charge < -0.3 is 9.47 Å². The number of esters is 1. The number of carbonyl (C=O) groups is 1. The van der Waals surface area contributed by atoms with Crippen LogP contribution in [0.15, 0.2) is 63.7 Å². The second-order valence-corrected chi connectivity index (χ2v) is 5.45. The smallest absolute Gasteiger partial charge is 0.363 e. The second-order valence-electron chi connectivity index (χ2n) is 4.60. The Balaban J connectivity index is 1.93. The number of aliphatic imine (C=N–C) groups is 1. The minimum atomic E-state index is -0.453. The van der Waals surface area contributed by atoms with Crippen LogP contribution in [0.5, 0.6) is 5.75 Å². The van der Waals surface area contributed by atoms with Crippen LogP contribution in [0, 0.1) is 0 Å². The molecule has 1 aliphatic rings. The summed E-state index contributed by atoms with van der Waals surface area (Å²) in [6.45, 7) is 0. The Kier molecular flexibility index (Phi) is 4.06. The van der Waals surface area contributed by atoms with Crippen molar-refractivity contribution < 1.29 is 14.3 Å². The summed E-state index contributed by atoms with van der Waals surface area (Å²) in [6.07, 6.45) is 1.70. The third kappa shape index (κ3) is 2.94. The fourth-order valence-electron chi connectivity index (χ4n) is 2.04. The van der Waals surface area contributed by atoms with E-state index >= 15 is 0 Å². The van der Waals surface area contributed by atoms with Gasteiger partial charge in [0.25, 0.3) is 0 Å². The molecular weight excluding hydrogens is 346 g/mol. The van der Waals surface area contributed by atoms with E-state index in [9.17, 15) is 4.79 Å². The molecule has 3 rings (SSSR count). The number of hydrogen-bond donors (Lipinski definition) is 0. The predicted molar refractivity (Wildman–Crippen MR) is 87.7 cm³/mol. The van der Waals surface area contributed by atoms with Crippen LogP contribution in [0.25, 0.3) is 6.08 Å². The first-order chi connectivity index (χ1) is 10.7. The lowest BCUT2D eigenvalue weighted by molar-refractivity contribution is -0.129. The molecule has 0 radical (unpaired) electrons. The molecule has 0 fully saturated rings. The highest BCUT2D eigenvalue weighted by molar-refractivity contribution is 9.10. The Hall–Kier alpha value is -2.40. The maximum absolute atomic E-state index is 11.9. The molecule has 5 heteroatoms. The lowest BCUT2D eigenvalue weighted by Crippen LogP contribution is -2.05. The number of methoxy groups -OCH3 is 1. The quantitative estimate of drug-likeness (QED) is 0.619. The van der Waals surface area contributed by atoms with Crippen LogP contribution in [-0.2, 0) is 9.53 Å². The van der Waals surface area contributed by atoms with E-state index in [1.807, 2.05) is 30.3 Å². The van der Waals surface area contributed by atoms with Crippen LogP contribution in [0.3, 0.4) is 0 Å². The molecule has 0 saturated carbocycles. The van der Waals surface area contributed by atoms with Crippen molar-refractivity contribution in [2.45, 2.75) is 0 Å². The molecule has 0 saturated heterocycles. The van der Waals surface area contributed by atoms with E-state index in [1.165, 1.54) is 0 Å². The fourth-order valence-corrected chi connectivity index (χ4v) is 2.58. The Labute approximate surface area is 136 Å². The van der Waals surface area contributed by atoms with Crippen LogP contribution in [-0.4, -0.2) is 19.0 Å². The Morgan fingerprint density at radius 2 is 1.95 bits per heavy atom. The molecule has 22 heavy (non-hydrogen) atoms. The molecule has 110 valence electrons. The minimum Gasteiger partial charge on any atom is -0.496 e. The van der Waals surface area contributed by atoms with Gasteiger partial charge in [0.1, 0.15) is 5.75 Å². The van der Waals surface area contributed by atoms with E-state index in [0.717, 1.165) is 10.0 Å². The van der Waals surface area contributed by atoms with Crippen LogP contribution in [0.4, 0.5) is 0 Å². The first-order valence-electron chi connectivity index (χ1n) is 6.59. The fraction of sp³-hybridized carbons (Fsp3) is 0.0588. The summed E-state index contributed by atoms with van der Waals surface area (Å²) in [5, 5.41) is 0. The summed E-state index contributed by atoms with van der Waals surface area (Å²) in [6, 6.07) is 14.9. The van der Waals surface area contributed by atoms with Gasteiger partial charge in [0.2, 0.25) is 5.90 Å². The molecule has 0 N–H and O–H groups in total. The van der Waals surface area contributed by atoms with Gasteiger partial charge in [-0.3, -0.25) is 0 Å². The van der Waals surface area contributed by atoms with Crippen molar-refractivity contribution in [1.82, 2.24) is 0 Å². The monoisotopic (exact) mass is 357 g/mol. The number of ether oxygens (including phenoxy) is 2. The molecule has 2 aromatic carbocycles. The third-order valence-electron chi connectivity index (χ3n) is 3.12. The van der Waals surface area contributed by atoms with Crippen molar-refractivity contribution in [3.63, 3.8) is 0 Å². The summed E-state index contributed by atoms with van der Waals surface area (Å²) in [5.41, 5.74) is 1.89. The van der Waals surface area contributed by atoms with E-state index in [4.69, 9.17) is 9.47 Å². The number of cyclic esters (lactones) is 1. The lowest BCUT2D eigenvalue weighted by atomic mass is 10.2. The van der Waals surface area contributed by atoms with Crippen LogP contribution in [0.2, 0.25) is 0 Å². The molecule has 0 bridgehead atoms. The maximum Gasteiger partial charge on any atom is 0.363 e. The van der Waals surface area contributed by atoms with Gasteiger partial charge in [-0.15, -0.1) is 0 Å². The number of carbonyl (C=O) groups excluding carboxylic acids is 1. The largest absolute Gasteiger partial charge is 0.496 e. The molecule has 0 amide bonds. The highest BCUT2D eigenvalue weighted by Gasteiger charge is 2.24. The zero-order valence-corrected chi connectivity index (χ0v) is 13.3. The van der Waals surface area contributed by atoms with Gasteiger partial charge in [0, 0.05) is 5.56 Å². The predicted octanol–water partition coefficient (Wildman–Crippen LogP) is 3.80. The van der Waals surface area contributed by atoms with Crippen molar-refractivity contribution in [2.24, 2.45) is 4.99 Å². The first kappa shape index (κ1) is 14.5. The molecule has 0 aliphatic carbocycles. The molecule has 0 spiro atoms. The van der Waals surface area contributed by atoms with E-state index in [1.54, 1.807) is 31.4 Å². The Bertz CT molecular complexity index is 782. The molecule has 0 aromatic heterocycles. The van der Waals surface area contributed by atoms with E-state index in [-0.39, 0.29) is 11.6 Å². The minimum absolute atomic E-state index is 0.285. The second kappa shape index (κ2) is 6.15. The summed E-state index contributed by atoms with van der Waals surface area (Å²) in [5.74, 6) is 0.537. The molecular formula is C17H12BrNO3. The SMILES string of the molecule is COc1ccc(C2=N/C(=C/c3ccccc3)C(=O)O2)cc1Br. The van der Waals surface area contributed by atoms with Crippen molar-refractivity contribution >= 4 is 33.9 Å². The number of nitrogens with zero attached hydrogens (tertiary/aromatic N) is 1. The summed E-state index contributed by atoms with van der Waals surface area (Å²) < 4.78 is 11.2. The van der Waals surface area contributed by atoms with Crippen molar-refractivity contribution in [1.29, 1.82) is 0 Å². The topological polar surface area (TPSA) is 47.9 Å². The number of halogens is 1. The maximum atomic E-state index is 11.9. The van der Waals surface area contributed by atoms with Crippen molar-refractivity contribution in [2.75, 3.05) is 7.11 Å². The summed E-state index contributed by atoms with van der Waals surface area (Å²) in [7, 11) is 1.59. The molecule has 1 heterocycles. The molecule has 1 aliphatic heterocycles. The first-order valence-corrected chi connectivity index (χ1v) is 7.38. The van der Waals surface area contributed by atoms with Crippen molar-refractivity contribution in [3.05, 3.63) is 69.8 Å². The summed E-state index contributed by atoms with van der Waals surface area (Å²) >= 11 is 3.40. The number of rotatable bonds is 3. The lowest BCUT2D eigenvalue weighted by Gasteiger charge is -2.05. The number of hydrogen-bond acceptors (Lipinski definition) is 4. The van der Waals surface area contributed by atoms with E-state index in [2.05, 4.69) is 20.9 Å². The highest BCUT2D eigenvalue weighted by Crippen LogP contribution is 2.27. The van der Waals surface area contributed by atoms with Gasteiger partial charge in [-0.1, -0.05) is 30.3 Å². The van der Waals surface area contributed by atoms with Crippen LogP contribution >= 0.6 is 15.9 Å². The van der Waals surface area contributed by atoms with Gasteiger partial charge in [-0.2, -0.15) is 0 Å². The zero-order valence-electron chi connectivity index (χ0n) is 11.7. The third-order valence-corrected chi connectivity index (χ3v) is 3.74. The average molecular weight is 358 g/mol. The van der Waals surface area contributed by atoms with Gasteiger partial charge >= 0.3 is 5.97 Å². The van der Waals surface area contributed by atoms with Crippen LogP contribution in [0.1, 0.15) is 11.1 Å². The normalized spacial score (nSPS) is 15.6. The molecule has 0 atom stereocenters. The number of benzene rings is 2. The van der Waals surface area contributed by atoms with Gasteiger partial charge in [-0.25, -0.2) is 9.79 Å². The van der Waals surface area contributed by atoms with Gasteiger partial charge in [0.15, 0.2) is 5.70 Å². The zero-order chi connectivity index (χ0) is 15.5. The van der Waals surface area contributed by atoms with E-state index < -0.39 is 5.97 Å². The molecule has 4 nitrogen and oxygen atoms in total. The van der Waals surface area contributed by atoms with E-state index in [0.29, 0.717) is 11.3 Å². The van der Waals surface area contributed by atoms with Crippen LogP contribution < -0.4 is 4.74 Å². The molecule has 0 unspecified atom stereocenters. The van der Waals surface area contributed by atoms with Gasteiger partial charge in [-0.05, 0) is 45.8 Å². The molecule has 2 aromatic rings. The Morgan fingerprint density at radius 1 is 1.18 bits per heavy atom. The average Bonchev–Trinajstić information content (AvgIpc) is 2.89. The van der Waals surface area contributed by atoms with Crippen molar-refractivity contribution in [3.8, 4) is 5.75 Å². The standard InChI is InChI=1S/C17H12BrNO3/c1-21-15-8-7-12(10-13(15)18)16-19-14(17(20)22-16)9-11-5-3-2-4-6-11/h2-10H,1H3/b14-9+. The Morgan fingerprint density at radius 3 is 2.64 bits per heavy atom. The van der Waals surface area contributed by atoms with Gasteiger partial charge in [0.05, 0.1) is 11.6 Å². The summed E-state index contributed by atoms with van der Waals surface area (Å²) in [4.78, 5) is 16.2. The highest BCUT2D eigenvalue weighted by atomic mass is 79.9.